The molecule has 0 saturated heterocycles. The lowest BCUT2D eigenvalue weighted by atomic mass is 9.85. The third kappa shape index (κ3) is 3.14. The lowest BCUT2D eigenvalue weighted by Crippen LogP contribution is -2.23. The third-order valence-corrected chi connectivity index (χ3v) is 4.95. The smallest absolute Gasteiger partial charge is 0.122 e. The Labute approximate surface area is 134 Å². The van der Waals surface area contributed by atoms with Crippen LogP contribution in [0.5, 0.6) is 5.75 Å². The molecule has 21 heavy (non-hydrogen) atoms. The van der Waals surface area contributed by atoms with Crippen LogP contribution in [0.25, 0.3) is 0 Å². The Hall–Kier alpha value is -1.32. The summed E-state index contributed by atoms with van der Waals surface area (Å²) in [4.78, 5) is 0. The molecule has 2 aromatic rings. The minimum Gasteiger partial charge on any atom is -0.493 e. The predicted octanol–water partition coefficient (Wildman–Crippen LogP) is 4.67. The second-order valence-corrected chi connectivity index (χ2v) is 6.32. The summed E-state index contributed by atoms with van der Waals surface area (Å²) in [6.07, 6.45) is 2.17. The average Bonchev–Trinajstić information content (AvgIpc) is 2.53. The first kappa shape index (κ1) is 14.6. The maximum absolute atomic E-state index is 5.77. The van der Waals surface area contributed by atoms with Crippen molar-refractivity contribution < 1.29 is 4.74 Å². The van der Waals surface area contributed by atoms with E-state index >= 15 is 0 Å². The molecule has 1 aliphatic rings. The molecule has 2 unspecified atom stereocenters. The molecule has 2 aromatic carbocycles. The van der Waals surface area contributed by atoms with E-state index in [-0.39, 0.29) is 0 Å². The Balaban J connectivity index is 1.84. The summed E-state index contributed by atoms with van der Waals surface area (Å²) in [5.74, 6) is 1.59. The SMILES string of the molecule is CNC(CC1CCOc2ccccc21)c1ccccc1Br. The van der Waals surface area contributed by atoms with Crippen LogP contribution in [0.2, 0.25) is 0 Å². The van der Waals surface area contributed by atoms with Crippen molar-refractivity contribution in [2.45, 2.75) is 24.8 Å². The normalized spacial score (nSPS) is 18.7. The van der Waals surface area contributed by atoms with Crippen LogP contribution in [0.3, 0.4) is 0 Å². The Bertz CT molecular complexity index is 614. The second kappa shape index (κ2) is 6.63. The van der Waals surface area contributed by atoms with Crippen LogP contribution in [0, 0.1) is 0 Å². The molecule has 0 spiro atoms. The molecule has 0 fully saturated rings. The molecule has 0 aliphatic carbocycles. The van der Waals surface area contributed by atoms with Crippen molar-refractivity contribution in [2.24, 2.45) is 0 Å². The minimum absolute atomic E-state index is 0.344. The molecular formula is C18H20BrNO. The van der Waals surface area contributed by atoms with Crippen LogP contribution < -0.4 is 10.1 Å². The standard InChI is InChI=1S/C18H20BrNO/c1-20-17(15-7-2-4-8-16(15)19)12-13-10-11-21-18-9-5-3-6-14(13)18/h2-9,13,17,20H,10-12H2,1H3. The molecule has 0 aromatic heterocycles. The van der Waals surface area contributed by atoms with Crippen molar-refractivity contribution in [3.63, 3.8) is 0 Å². The highest BCUT2D eigenvalue weighted by molar-refractivity contribution is 9.10. The number of ether oxygens (including phenoxy) is 1. The topological polar surface area (TPSA) is 21.3 Å². The van der Waals surface area contributed by atoms with Crippen molar-refractivity contribution in [3.05, 3.63) is 64.1 Å². The van der Waals surface area contributed by atoms with E-state index < -0.39 is 0 Å². The van der Waals surface area contributed by atoms with Crippen molar-refractivity contribution in [3.8, 4) is 5.75 Å². The molecule has 3 heteroatoms. The molecular weight excluding hydrogens is 326 g/mol. The van der Waals surface area contributed by atoms with Gasteiger partial charge in [-0.2, -0.15) is 0 Å². The van der Waals surface area contributed by atoms with E-state index in [1.54, 1.807) is 0 Å². The van der Waals surface area contributed by atoms with E-state index in [9.17, 15) is 0 Å². The summed E-state index contributed by atoms with van der Waals surface area (Å²) < 4.78 is 6.94. The van der Waals surface area contributed by atoms with E-state index in [1.165, 1.54) is 15.6 Å². The Morgan fingerprint density at radius 1 is 1.19 bits per heavy atom. The molecule has 2 atom stereocenters. The van der Waals surface area contributed by atoms with Crippen LogP contribution in [0.4, 0.5) is 0 Å². The molecule has 0 saturated carbocycles. The first-order valence-electron chi connectivity index (χ1n) is 7.43. The summed E-state index contributed by atoms with van der Waals surface area (Å²) in [7, 11) is 2.04. The molecule has 110 valence electrons. The molecule has 0 bridgehead atoms. The maximum Gasteiger partial charge on any atom is 0.122 e. The number of benzene rings is 2. The van der Waals surface area contributed by atoms with Crippen LogP contribution in [0.15, 0.2) is 53.0 Å². The molecule has 0 amide bonds. The molecule has 3 rings (SSSR count). The van der Waals surface area contributed by atoms with E-state index in [0.717, 1.165) is 25.2 Å². The predicted molar refractivity (Wildman–Crippen MR) is 89.9 cm³/mol. The first-order valence-corrected chi connectivity index (χ1v) is 8.22. The van der Waals surface area contributed by atoms with Gasteiger partial charge in [0.2, 0.25) is 0 Å². The van der Waals surface area contributed by atoms with Crippen LogP contribution in [-0.2, 0) is 0 Å². The fraction of sp³-hybridized carbons (Fsp3) is 0.333. The minimum atomic E-state index is 0.344. The van der Waals surface area contributed by atoms with Gasteiger partial charge in [-0.1, -0.05) is 52.3 Å². The number of para-hydroxylation sites is 1. The lowest BCUT2D eigenvalue weighted by Gasteiger charge is -2.29. The molecule has 0 radical (unpaired) electrons. The van der Waals surface area contributed by atoms with Gasteiger partial charge in [-0.25, -0.2) is 0 Å². The fourth-order valence-electron chi connectivity index (χ4n) is 3.10. The van der Waals surface area contributed by atoms with E-state index in [1.807, 2.05) is 13.1 Å². The van der Waals surface area contributed by atoms with E-state index in [4.69, 9.17) is 4.74 Å². The zero-order valence-electron chi connectivity index (χ0n) is 12.2. The summed E-state index contributed by atoms with van der Waals surface area (Å²) in [5, 5.41) is 3.47. The van der Waals surface area contributed by atoms with Crippen LogP contribution in [0.1, 0.15) is 35.9 Å². The van der Waals surface area contributed by atoms with Crippen molar-refractivity contribution >= 4 is 15.9 Å². The number of nitrogens with one attached hydrogen (secondary N) is 1. The third-order valence-electron chi connectivity index (χ3n) is 4.23. The molecule has 2 nitrogen and oxygen atoms in total. The van der Waals surface area contributed by atoms with Gasteiger partial charge in [-0.3, -0.25) is 0 Å². The number of halogens is 1. The highest BCUT2D eigenvalue weighted by atomic mass is 79.9. The number of hydrogen-bond acceptors (Lipinski definition) is 2. The van der Waals surface area contributed by atoms with Gasteiger partial charge in [0.1, 0.15) is 5.75 Å². The summed E-state index contributed by atoms with van der Waals surface area (Å²) >= 11 is 3.67. The van der Waals surface area contributed by atoms with Gasteiger partial charge in [0.05, 0.1) is 6.61 Å². The maximum atomic E-state index is 5.77. The zero-order valence-corrected chi connectivity index (χ0v) is 13.8. The van der Waals surface area contributed by atoms with Crippen molar-refractivity contribution in [1.29, 1.82) is 0 Å². The summed E-state index contributed by atoms with van der Waals surface area (Å²) in [5.41, 5.74) is 2.67. The summed E-state index contributed by atoms with van der Waals surface area (Å²) in [6, 6.07) is 17.2. The Morgan fingerprint density at radius 3 is 2.76 bits per heavy atom. The summed E-state index contributed by atoms with van der Waals surface area (Å²) in [6.45, 7) is 0.814. The fourth-order valence-corrected chi connectivity index (χ4v) is 3.66. The highest BCUT2D eigenvalue weighted by Gasteiger charge is 2.25. The van der Waals surface area contributed by atoms with Gasteiger partial charge in [-0.15, -0.1) is 0 Å². The first-order chi connectivity index (χ1) is 10.3. The second-order valence-electron chi connectivity index (χ2n) is 5.47. The number of fused-ring (bicyclic) bond motifs is 1. The number of hydrogen-bond donors (Lipinski definition) is 1. The monoisotopic (exact) mass is 345 g/mol. The van der Waals surface area contributed by atoms with Gasteiger partial charge in [0.25, 0.3) is 0 Å². The van der Waals surface area contributed by atoms with E-state index in [0.29, 0.717) is 12.0 Å². The highest BCUT2D eigenvalue weighted by Crippen LogP contribution is 2.39. The van der Waals surface area contributed by atoms with Gasteiger partial charge >= 0.3 is 0 Å². The lowest BCUT2D eigenvalue weighted by molar-refractivity contribution is 0.256. The van der Waals surface area contributed by atoms with Gasteiger partial charge in [0.15, 0.2) is 0 Å². The number of rotatable bonds is 4. The quantitative estimate of drug-likeness (QED) is 0.869. The van der Waals surface area contributed by atoms with Crippen molar-refractivity contribution in [1.82, 2.24) is 5.32 Å². The van der Waals surface area contributed by atoms with Crippen molar-refractivity contribution in [2.75, 3.05) is 13.7 Å². The van der Waals surface area contributed by atoms with E-state index in [2.05, 4.69) is 63.7 Å². The zero-order chi connectivity index (χ0) is 14.7. The Morgan fingerprint density at radius 2 is 1.95 bits per heavy atom. The molecule has 1 aliphatic heterocycles. The van der Waals surface area contributed by atoms with Crippen LogP contribution >= 0.6 is 15.9 Å². The Kier molecular flexibility index (Phi) is 4.61. The van der Waals surface area contributed by atoms with Gasteiger partial charge in [-0.05, 0) is 49.1 Å². The molecule has 1 N–H and O–H groups in total. The van der Waals surface area contributed by atoms with Gasteiger partial charge in [0, 0.05) is 10.5 Å². The van der Waals surface area contributed by atoms with Gasteiger partial charge < -0.3 is 10.1 Å². The largest absolute Gasteiger partial charge is 0.493 e. The average molecular weight is 346 g/mol. The van der Waals surface area contributed by atoms with Crippen LogP contribution in [-0.4, -0.2) is 13.7 Å². The molecule has 1 heterocycles.